The molecule has 0 atom stereocenters. The number of amidine groups is 1. The van der Waals surface area contributed by atoms with Crippen LogP contribution in [0, 0.1) is 5.41 Å². The molecule has 2 rings (SSSR count). The lowest BCUT2D eigenvalue weighted by Gasteiger charge is -2.20. The zero-order valence-corrected chi connectivity index (χ0v) is 12.5. The van der Waals surface area contributed by atoms with Crippen LogP contribution >= 0.6 is 23.2 Å². The number of rotatable bonds is 4. The van der Waals surface area contributed by atoms with Gasteiger partial charge in [-0.25, -0.2) is 0 Å². The van der Waals surface area contributed by atoms with E-state index >= 15 is 0 Å². The van der Waals surface area contributed by atoms with Crippen LogP contribution in [0.3, 0.4) is 0 Å². The molecule has 0 aliphatic carbocycles. The molecule has 0 heterocycles. The number of hydrogen-bond acceptors (Lipinski definition) is 2. The standard InChI is InChI=1S/C15H15Cl2N3/c1-20(9-11-5-6-12(16)8-14(11)17)13-4-2-3-10(7-13)15(18)19/h2-8H,9H2,1H3,(H3,18,19). The molecule has 0 aliphatic heterocycles. The molecule has 0 aromatic heterocycles. The first-order valence-electron chi connectivity index (χ1n) is 6.07. The van der Waals surface area contributed by atoms with Gasteiger partial charge in [-0.1, -0.05) is 41.4 Å². The fourth-order valence-corrected chi connectivity index (χ4v) is 2.38. The topological polar surface area (TPSA) is 53.1 Å². The zero-order chi connectivity index (χ0) is 14.7. The van der Waals surface area contributed by atoms with Crippen LogP contribution in [0.4, 0.5) is 5.69 Å². The van der Waals surface area contributed by atoms with Crippen LogP contribution < -0.4 is 10.6 Å². The summed E-state index contributed by atoms with van der Waals surface area (Å²) in [6, 6.07) is 13.0. The lowest BCUT2D eigenvalue weighted by Crippen LogP contribution is -2.18. The van der Waals surface area contributed by atoms with Gasteiger partial charge in [-0.2, -0.15) is 0 Å². The quantitative estimate of drug-likeness (QED) is 0.664. The van der Waals surface area contributed by atoms with E-state index in [0.29, 0.717) is 22.2 Å². The van der Waals surface area contributed by atoms with E-state index in [9.17, 15) is 0 Å². The molecule has 0 fully saturated rings. The maximum atomic E-state index is 7.48. The number of hydrogen-bond donors (Lipinski definition) is 2. The Labute approximate surface area is 128 Å². The van der Waals surface area contributed by atoms with Crippen LogP contribution in [0.2, 0.25) is 10.0 Å². The van der Waals surface area contributed by atoms with Crippen molar-refractivity contribution in [2.75, 3.05) is 11.9 Å². The van der Waals surface area contributed by atoms with E-state index in [1.165, 1.54) is 0 Å². The van der Waals surface area contributed by atoms with Gasteiger partial charge < -0.3 is 10.6 Å². The summed E-state index contributed by atoms with van der Waals surface area (Å²) < 4.78 is 0. The van der Waals surface area contributed by atoms with E-state index in [1.54, 1.807) is 6.07 Å². The Bertz CT molecular complexity index is 641. The van der Waals surface area contributed by atoms with Gasteiger partial charge in [0.2, 0.25) is 0 Å². The van der Waals surface area contributed by atoms with Crippen LogP contribution in [-0.4, -0.2) is 12.9 Å². The molecule has 0 unspecified atom stereocenters. The van der Waals surface area contributed by atoms with E-state index in [2.05, 4.69) is 0 Å². The van der Waals surface area contributed by atoms with Crippen molar-refractivity contribution in [2.24, 2.45) is 5.73 Å². The first-order valence-corrected chi connectivity index (χ1v) is 6.82. The molecule has 2 aromatic carbocycles. The van der Waals surface area contributed by atoms with E-state index in [4.69, 9.17) is 34.3 Å². The molecular weight excluding hydrogens is 293 g/mol. The van der Waals surface area contributed by atoms with Crippen LogP contribution in [0.15, 0.2) is 42.5 Å². The average Bonchev–Trinajstić information content (AvgIpc) is 2.42. The van der Waals surface area contributed by atoms with Gasteiger partial charge >= 0.3 is 0 Å². The molecule has 104 valence electrons. The van der Waals surface area contributed by atoms with Crippen LogP contribution in [-0.2, 0) is 6.54 Å². The molecule has 2 aromatic rings. The van der Waals surface area contributed by atoms with Crippen molar-refractivity contribution in [3.63, 3.8) is 0 Å². The van der Waals surface area contributed by atoms with E-state index in [1.807, 2.05) is 48.3 Å². The van der Waals surface area contributed by atoms with Gasteiger partial charge in [-0.05, 0) is 29.8 Å². The Morgan fingerprint density at radius 1 is 1.20 bits per heavy atom. The van der Waals surface area contributed by atoms with Crippen molar-refractivity contribution in [3.8, 4) is 0 Å². The fraction of sp³-hybridized carbons (Fsp3) is 0.133. The number of nitrogens with two attached hydrogens (primary N) is 1. The highest BCUT2D eigenvalue weighted by Crippen LogP contribution is 2.24. The predicted molar refractivity (Wildman–Crippen MR) is 86.0 cm³/mol. The first-order chi connectivity index (χ1) is 9.47. The molecule has 0 saturated heterocycles. The third-order valence-corrected chi connectivity index (χ3v) is 3.61. The van der Waals surface area contributed by atoms with Crippen LogP contribution in [0.1, 0.15) is 11.1 Å². The number of nitrogen functional groups attached to an aromatic ring is 1. The molecule has 0 bridgehead atoms. The highest BCUT2D eigenvalue weighted by Gasteiger charge is 2.07. The van der Waals surface area contributed by atoms with Gasteiger partial charge in [-0.3, -0.25) is 5.41 Å². The SMILES string of the molecule is CN(Cc1ccc(Cl)cc1Cl)c1cccc(C(=N)N)c1. The number of anilines is 1. The molecule has 0 radical (unpaired) electrons. The Morgan fingerprint density at radius 2 is 1.95 bits per heavy atom. The predicted octanol–water partition coefficient (Wildman–Crippen LogP) is 3.91. The van der Waals surface area contributed by atoms with Crippen molar-refractivity contribution < 1.29 is 0 Å². The molecule has 0 saturated carbocycles. The molecule has 20 heavy (non-hydrogen) atoms. The number of nitrogens with zero attached hydrogens (tertiary/aromatic N) is 1. The number of nitrogens with one attached hydrogen (secondary N) is 1. The summed E-state index contributed by atoms with van der Waals surface area (Å²) in [4.78, 5) is 2.04. The van der Waals surface area contributed by atoms with Gasteiger partial charge in [-0.15, -0.1) is 0 Å². The highest BCUT2D eigenvalue weighted by atomic mass is 35.5. The molecular formula is C15H15Cl2N3. The summed E-state index contributed by atoms with van der Waals surface area (Å²) in [7, 11) is 1.96. The van der Waals surface area contributed by atoms with Crippen molar-refractivity contribution in [1.82, 2.24) is 0 Å². The first kappa shape index (κ1) is 14.7. The van der Waals surface area contributed by atoms with E-state index in [-0.39, 0.29) is 5.84 Å². The van der Waals surface area contributed by atoms with Crippen molar-refractivity contribution in [1.29, 1.82) is 5.41 Å². The van der Waals surface area contributed by atoms with E-state index < -0.39 is 0 Å². The zero-order valence-electron chi connectivity index (χ0n) is 11.0. The van der Waals surface area contributed by atoms with Crippen LogP contribution in [0.5, 0.6) is 0 Å². The van der Waals surface area contributed by atoms with Gasteiger partial charge in [0.15, 0.2) is 0 Å². The van der Waals surface area contributed by atoms with Crippen LogP contribution in [0.25, 0.3) is 0 Å². The smallest absolute Gasteiger partial charge is 0.122 e. The molecule has 0 spiro atoms. The molecule has 3 N–H and O–H groups in total. The van der Waals surface area contributed by atoms with Gasteiger partial charge in [0.05, 0.1) is 0 Å². The Hall–Kier alpha value is -1.71. The summed E-state index contributed by atoms with van der Waals surface area (Å²) in [5.41, 5.74) is 8.18. The second-order valence-electron chi connectivity index (χ2n) is 4.56. The lowest BCUT2D eigenvalue weighted by atomic mass is 10.1. The second kappa shape index (κ2) is 6.16. The summed E-state index contributed by atoms with van der Waals surface area (Å²) in [6.45, 7) is 0.650. The molecule has 0 aliphatic rings. The van der Waals surface area contributed by atoms with E-state index in [0.717, 1.165) is 11.3 Å². The van der Waals surface area contributed by atoms with Gasteiger partial charge in [0, 0.05) is 34.9 Å². The largest absolute Gasteiger partial charge is 0.384 e. The number of halogens is 2. The van der Waals surface area contributed by atoms with Crippen molar-refractivity contribution in [3.05, 3.63) is 63.6 Å². The maximum Gasteiger partial charge on any atom is 0.122 e. The van der Waals surface area contributed by atoms with Crippen molar-refractivity contribution >= 4 is 34.7 Å². The third-order valence-electron chi connectivity index (χ3n) is 3.02. The Balaban J connectivity index is 2.21. The van der Waals surface area contributed by atoms with Crippen molar-refractivity contribution in [2.45, 2.75) is 6.54 Å². The minimum atomic E-state index is 0.0600. The summed E-state index contributed by atoms with van der Waals surface area (Å²) in [5, 5.41) is 8.75. The average molecular weight is 308 g/mol. The normalized spacial score (nSPS) is 10.3. The Kier molecular flexibility index (Phi) is 4.53. The monoisotopic (exact) mass is 307 g/mol. The summed E-state index contributed by atoms with van der Waals surface area (Å²) in [6.07, 6.45) is 0. The molecule has 3 nitrogen and oxygen atoms in total. The minimum Gasteiger partial charge on any atom is -0.384 e. The molecule has 5 heteroatoms. The maximum absolute atomic E-state index is 7.48. The fourth-order valence-electron chi connectivity index (χ4n) is 1.91. The number of benzene rings is 2. The Morgan fingerprint density at radius 3 is 2.60 bits per heavy atom. The minimum absolute atomic E-state index is 0.0600. The summed E-state index contributed by atoms with van der Waals surface area (Å²) >= 11 is 12.1. The van der Waals surface area contributed by atoms with Gasteiger partial charge in [0.25, 0.3) is 0 Å². The molecule has 0 amide bonds. The second-order valence-corrected chi connectivity index (χ2v) is 5.40. The lowest BCUT2D eigenvalue weighted by molar-refractivity contribution is 0.923. The highest BCUT2D eigenvalue weighted by molar-refractivity contribution is 6.35. The third kappa shape index (κ3) is 3.44. The van der Waals surface area contributed by atoms with Gasteiger partial charge in [0.1, 0.15) is 5.84 Å². The summed E-state index contributed by atoms with van der Waals surface area (Å²) in [5.74, 6) is 0.0600.